The molecule has 1 amide bonds. The summed E-state index contributed by atoms with van der Waals surface area (Å²) in [5.74, 6) is -0.0621. The van der Waals surface area contributed by atoms with Crippen molar-refractivity contribution in [1.29, 1.82) is 0 Å². The van der Waals surface area contributed by atoms with E-state index >= 15 is 0 Å². The molecular formula is C28H27F3N6O3. The Morgan fingerprint density at radius 1 is 1.25 bits per heavy atom. The first-order valence-corrected chi connectivity index (χ1v) is 13.2. The highest BCUT2D eigenvalue weighted by molar-refractivity contribution is 6.09. The lowest BCUT2D eigenvalue weighted by Gasteiger charge is -2.63. The van der Waals surface area contributed by atoms with Gasteiger partial charge in [0.05, 0.1) is 28.8 Å². The van der Waals surface area contributed by atoms with Crippen LogP contribution in [0, 0.1) is 12.3 Å². The lowest BCUT2D eigenvalue weighted by Crippen LogP contribution is -2.68. The Morgan fingerprint density at radius 3 is 2.75 bits per heavy atom. The predicted molar refractivity (Wildman–Crippen MR) is 139 cm³/mol. The normalized spacial score (nSPS) is 22.4. The fourth-order valence-corrected chi connectivity index (χ4v) is 6.29. The van der Waals surface area contributed by atoms with Crippen molar-refractivity contribution in [1.82, 2.24) is 19.8 Å². The van der Waals surface area contributed by atoms with Crippen LogP contribution in [0.5, 0.6) is 0 Å². The molecule has 3 fully saturated rings. The summed E-state index contributed by atoms with van der Waals surface area (Å²) in [4.78, 5) is 19.8. The lowest BCUT2D eigenvalue weighted by atomic mass is 9.54. The van der Waals surface area contributed by atoms with Gasteiger partial charge in [0.1, 0.15) is 6.17 Å². The Hall–Kier alpha value is -3.93. The van der Waals surface area contributed by atoms with Crippen molar-refractivity contribution >= 4 is 22.8 Å². The zero-order chi connectivity index (χ0) is 27.8. The predicted octanol–water partition coefficient (Wildman–Crippen LogP) is 4.76. The fraction of sp³-hybridized carbons (Fsp3) is 0.429. The second-order valence-corrected chi connectivity index (χ2v) is 11.6. The zero-order valence-corrected chi connectivity index (χ0v) is 21.6. The molecule has 0 unspecified atom stereocenters. The number of benzene rings is 1. The molecule has 2 N–H and O–H groups in total. The van der Waals surface area contributed by atoms with E-state index in [4.69, 9.17) is 4.52 Å². The number of aliphatic hydroxyl groups is 1. The molecule has 12 heteroatoms. The average Bonchev–Trinajstić information content (AvgIpc) is 3.25. The van der Waals surface area contributed by atoms with E-state index in [1.54, 1.807) is 16.8 Å². The second kappa shape index (κ2) is 8.79. The molecule has 2 saturated carbocycles. The topological polar surface area (TPSA) is 109 Å². The quantitative estimate of drug-likeness (QED) is 0.340. The largest absolute Gasteiger partial charge is 0.390 e. The molecule has 2 aliphatic carbocycles. The Balaban J connectivity index is 1.06. The van der Waals surface area contributed by atoms with Crippen LogP contribution < -0.4 is 10.2 Å². The molecule has 208 valence electrons. The zero-order valence-electron chi connectivity index (χ0n) is 21.6. The minimum absolute atomic E-state index is 0.134. The van der Waals surface area contributed by atoms with Crippen molar-refractivity contribution in [2.75, 3.05) is 23.3 Å². The number of alkyl halides is 3. The molecule has 7 rings (SSSR count). The summed E-state index contributed by atoms with van der Waals surface area (Å²) in [6, 6.07) is 9.20. The van der Waals surface area contributed by atoms with E-state index in [-0.39, 0.29) is 23.1 Å². The molecule has 1 aromatic carbocycles. The number of amides is 1. The highest BCUT2D eigenvalue weighted by Crippen LogP contribution is 2.56. The molecule has 9 nitrogen and oxygen atoms in total. The highest BCUT2D eigenvalue weighted by atomic mass is 19.3. The van der Waals surface area contributed by atoms with Gasteiger partial charge in [0, 0.05) is 48.1 Å². The molecule has 0 radical (unpaired) electrons. The molecule has 1 spiro atoms. The van der Waals surface area contributed by atoms with Crippen LogP contribution in [-0.2, 0) is 0 Å². The number of nitrogens with zero attached hydrogens (tertiary/aromatic N) is 5. The van der Waals surface area contributed by atoms with Gasteiger partial charge in [-0.3, -0.25) is 4.79 Å². The van der Waals surface area contributed by atoms with Crippen LogP contribution in [0.25, 0.3) is 16.9 Å². The number of aryl methyl sites for hydroxylation is 1. The van der Waals surface area contributed by atoms with Gasteiger partial charge in [0.2, 0.25) is 18.1 Å². The number of hydrogen-bond donors (Lipinski definition) is 2. The van der Waals surface area contributed by atoms with Crippen LogP contribution in [0.3, 0.4) is 0 Å². The summed E-state index contributed by atoms with van der Waals surface area (Å²) in [6.07, 6.45) is 0.509. The minimum atomic E-state index is -2.51. The van der Waals surface area contributed by atoms with E-state index in [9.17, 15) is 23.1 Å². The maximum absolute atomic E-state index is 13.4. The smallest absolute Gasteiger partial charge is 0.259 e. The lowest BCUT2D eigenvalue weighted by molar-refractivity contribution is -0.161. The Bertz CT molecular complexity index is 1620. The molecule has 1 aliphatic heterocycles. The molecule has 40 heavy (non-hydrogen) atoms. The Morgan fingerprint density at radius 2 is 2.02 bits per heavy atom. The van der Waals surface area contributed by atoms with Crippen molar-refractivity contribution in [2.45, 2.75) is 56.7 Å². The first-order valence-electron chi connectivity index (χ1n) is 13.2. The van der Waals surface area contributed by atoms with E-state index in [2.05, 4.69) is 25.5 Å². The van der Waals surface area contributed by atoms with Gasteiger partial charge in [0.15, 0.2) is 0 Å². The molecule has 2 atom stereocenters. The van der Waals surface area contributed by atoms with Crippen LogP contribution in [0.1, 0.15) is 53.4 Å². The van der Waals surface area contributed by atoms with Crippen LogP contribution >= 0.6 is 0 Å². The summed E-state index contributed by atoms with van der Waals surface area (Å²) in [5.41, 5.74) is 2.56. The van der Waals surface area contributed by atoms with Gasteiger partial charge >= 0.3 is 0 Å². The first kappa shape index (κ1) is 25.1. The summed E-state index contributed by atoms with van der Waals surface area (Å²) in [7, 11) is 0. The molecule has 3 aliphatic rings. The highest BCUT2D eigenvalue weighted by Gasteiger charge is 2.60. The van der Waals surface area contributed by atoms with Crippen LogP contribution in [0.15, 0.2) is 47.2 Å². The molecule has 4 heterocycles. The third-order valence-corrected chi connectivity index (χ3v) is 8.33. The summed E-state index contributed by atoms with van der Waals surface area (Å²) in [5, 5.41) is 21.6. The average molecular weight is 553 g/mol. The number of carbonyl (C=O) groups excluding carboxylic acids is 1. The van der Waals surface area contributed by atoms with Gasteiger partial charge in [-0.05, 0) is 49.9 Å². The number of aromatic nitrogens is 4. The van der Waals surface area contributed by atoms with Gasteiger partial charge in [-0.1, -0.05) is 17.3 Å². The number of carbonyl (C=O) groups is 1. The van der Waals surface area contributed by atoms with Crippen molar-refractivity contribution in [2.24, 2.45) is 5.41 Å². The summed E-state index contributed by atoms with van der Waals surface area (Å²) < 4.78 is 45.7. The number of anilines is 2. The second-order valence-electron chi connectivity index (χ2n) is 11.6. The van der Waals surface area contributed by atoms with Gasteiger partial charge < -0.3 is 19.8 Å². The van der Waals surface area contributed by atoms with Gasteiger partial charge in [-0.15, -0.1) is 0 Å². The Kier molecular flexibility index (Phi) is 5.51. The van der Waals surface area contributed by atoms with Crippen LogP contribution in [-0.4, -0.2) is 62.1 Å². The number of rotatable bonds is 7. The van der Waals surface area contributed by atoms with Crippen molar-refractivity contribution < 1.29 is 27.6 Å². The third-order valence-electron chi connectivity index (χ3n) is 8.33. The number of nitrogens with one attached hydrogen (secondary N) is 1. The van der Waals surface area contributed by atoms with Gasteiger partial charge in [0.25, 0.3) is 5.91 Å². The number of pyridine rings is 1. The number of hydrogen-bond acceptors (Lipinski definition) is 7. The van der Waals surface area contributed by atoms with Crippen molar-refractivity contribution in [3.8, 4) is 11.4 Å². The molecule has 4 aromatic rings. The molecule has 1 saturated heterocycles. The first-order chi connectivity index (χ1) is 19.1. The van der Waals surface area contributed by atoms with Crippen LogP contribution in [0.2, 0.25) is 0 Å². The molecular weight excluding hydrogens is 525 g/mol. The summed E-state index contributed by atoms with van der Waals surface area (Å²) in [6.45, 7) is 3.21. The maximum atomic E-state index is 13.4. The van der Waals surface area contributed by atoms with E-state index < -0.39 is 24.6 Å². The summed E-state index contributed by atoms with van der Waals surface area (Å²) >= 11 is 0. The number of halogens is 3. The fourth-order valence-electron chi connectivity index (χ4n) is 6.29. The molecule has 0 bridgehead atoms. The van der Waals surface area contributed by atoms with E-state index in [1.165, 1.54) is 6.20 Å². The SMILES string of the molecule is Cc1ccc(-c2noc([C@H]3C[C@@H]3F)n2)cc1NC(=O)c1cnn2ccc(N3CC4(C3)CC(O)(CC(F)F)C4)cc12. The monoisotopic (exact) mass is 552 g/mol. The Labute approximate surface area is 227 Å². The van der Waals surface area contributed by atoms with E-state index in [1.807, 2.05) is 31.2 Å². The number of fused-ring (bicyclic) bond motifs is 1. The van der Waals surface area contributed by atoms with Crippen LogP contribution in [0.4, 0.5) is 24.5 Å². The van der Waals surface area contributed by atoms with E-state index in [0.29, 0.717) is 60.5 Å². The van der Waals surface area contributed by atoms with Gasteiger partial charge in [-0.2, -0.15) is 10.1 Å². The van der Waals surface area contributed by atoms with E-state index in [0.717, 1.165) is 11.3 Å². The van der Waals surface area contributed by atoms with Gasteiger partial charge in [-0.25, -0.2) is 17.7 Å². The standard InChI is InChI=1S/C28H27F3N6O3/c1-15-2-3-16(24-34-26(40-35-24)18-8-20(18)29)6-21(15)33-25(38)19-10-32-37-5-4-17(7-22(19)37)36-13-27(14-36)11-28(39,12-27)9-23(30)31/h2-7,10,18,20,23,39H,8-9,11-14H2,1H3,(H,33,38)/t18-,20-/m0/s1. The van der Waals surface area contributed by atoms with Crippen molar-refractivity contribution in [3.63, 3.8) is 0 Å². The molecule has 3 aromatic heterocycles. The van der Waals surface area contributed by atoms with Crippen molar-refractivity contribution in [3.05, 3.63) is 59.7 Å². The third kappa shape index (κ3) is 4.30. The maximum Gasteiger partial charge on any atom is 0.259 e. The minimum Gasteiger partial charge on any atom is -0.390 e.